The maximum absolute atomic E-state index is 12.5. The van der Waals surface area contributed by atoms with Crippen molar-refractivity contribution < 1.29 is 4.79 Å². The molecule has 0 fully saturated rings. The Kier molecular flexibility index (Phi) is 5.03. The predicted octanol–water partition coefficient (Wildman–Crippen LogP) is 2.14. The minimum absolute atomic E-state index is 0.219. The normalized spacial score (nSPS) is 13.9. The van der Waals surface area contributed by atoms with Crippen LogP contribution in [0.25, 0.3) is 0 Å². The molecule has 0 spiro atoms. The van der Waals surface area contributed by atoms with E-state index in [0.29, 0.717) is 6.54 Å². The van der Waals surface area contributed by atoms with E-state index in [1.165, 1.54) is 16.7 Å². The van der Waals surface area contributed by atoms with Crippen LogP contribution >= 0.6 is 0 Å². The van der Waals surface area contributed by atoms with Gasteiger partial charge in [-0.15, -0.1) is 0 Å². The van der Waals surface area contributed by atoms with Crippen LogP contribution in [0.4, 0.5) is 0 Å². The van der Waals surface area contributed by atoms with Crippen LogP contribution in [0.5, 0.6) is 0 Å². The van der Waals surface area contributed by atoms with Gasteiger partial charge in [0.05, 0.1) is 6.54 Å². The minimum Gasteiger partial charge on any atom is -0.337 e. The molecule has 1 amide bonds. The van der Waals surface area contributed by atoms with Gasteiger partial charge in [-0.1, -0.05) is 24.3 Å². The maximum atomic E-state index is 12.5. The van der Waals surface area contributed by atoms with E-state index in [4.69, 9.17) is 0 Å². The number of hydrogen-bond acceptors (Lipinski definition) is 3. The van der Waals surface area contributed by atoms with Crippen molar-refractivity contribution in [1.29, 1.82) is 0 Å². The molecule has 1 aromatic carbocycles. The van der Waals surface area contributed by atoms with Gasteiger partial charge in [-0.2, -0.15) is 0 Å². The largest absolute Gasteiger partial charge is 0.337 e. The van der Waals surface area contributed by atoms with Crippen LogP contribution in [-0.2, 0) is 24.2 Å². The van der Waals surface area contributed by atoms with Crippen LogP contribution in [0.15, 0.2) is 48.8 Å². The minimum atomic E-state index is 0.219. The summed E-state index contributed by atoms with van der Waals surface area (Å²) >= 11 is 0. The molecule has 2 heterocycles. The number of amides is 1. The summed E-state index contributed by atoms with van der Waals surface area (Å²) in [6.07, 6.45) is 5.52. The van der Waals surface area contributed by atoms with Crippen LogP contribution in [-0.4, -0.2) is 47.4 Å². The zero-order valence-electron chi connectivity index (χ0n) is 13.6. The Morgan fingerprint density at radius 2 is 1.91 bits per heavy atom. The van der Waals surface area contributed by atoms with E-state index in [2.05, 4.69) is 28.1 Å². The molecule has 0 saturated heterocycles. The third-order valence-electron chi connectivity index (χ3n) is 4.42. The number of nitrogens with zero attached hydrogens (tertiary/aromatic N) is 3. The molecule has 1 aromatic heterocycles. The van der Waals surface area contributed by atoms with E-state index in [1.807, 2.05) is 42.5 Å². The average molecular weight is 309 g/mol. The van der Waals surface area contributed by atoms with E-state index >= 15 is 0 Å². The lowest BCUT2D eigenvalue weighted by Crippen LogP contribution is -2.42. The SMILES string of the molecule is CN(CCc1ccncc1)CC(=O)N1CCc2ccccc2C1. The lowest BCUT2D eigenvalue weighted by atomic mass is 10.00. The second-order valence-electron chi connectivity index (χ2n) is 6.18. The van der Waals surface area contributed by atoms with Gasteiger partial charge < -0.3 is 4.90 Å². The average Bonchev–Trinajstić information content (AvgIpc) is 2.60. The molecule has 0 atom stereocenters. The number of likely N-dealkylation sites (N-methyl/N-ethyl adjacent to an activating group) is 1. The van der Waals surface area contributed by atoms with E-state index in [-0.39, 0.29) is 5.91 Å². The van der Waals surface area contributed by atoms with Crippen molar-refractivity contribution in [2.45, 2.75) is 19.4 Å². The van der Waals surface area contributed by atoms with Gasteiger partial charge in [0.25, 0.3) is 0 Å². The number of carbonyl (C=O) groups excluding carboxylic acids is 1. The molecular weight excluding hydrogens is 286 g/mol. The molecule has 1 aliphatic heterocycles. The number of carbonyl (C=O) groups is 1. The molecule has 120 valence electrons. The summed E-state index contributed by atoms with van der Waals surface area (Å²) in [6.45, 7) is 2.93. The number of fused-ring (bicyclic) bond motifs is 1. The molecule has 1 aliphatic rings. The summed E-state index contributed by atoms with van der Waals surface area (Å²) in [4.78, 5) is 20.6. The Hall–Kier alpha value is -2.20. The molecule has 0 aliphatic carbocycles. The zero-order chi connectivity index (χ0) is 16.1. The maximum Gasteiger partial charge on any atom is 0.237 e. The molecule has 4 nitrogen and oxygen atoms in total. The summed E-state index contributed by atoms with van der Waals surface area (Å²) in [5, 5.41) is 0. The lowest BCUT2D eigenvalue weighted by molar-refractivity contribution is -0.133. The number of benzene rings is 1. The first-order valence-corrected chi connectivity index (χ1v) is 8.14. The Bertz CT molecular complexity index is 657. The number of hydrogen-bond donors (Lipinski definition) is 0. The smallest absolute Gasteiger partial charge is 0.237 e. The molecule has 0 radical (unpaired) electrons. The first kappa shape index (κ1) is 15.7. The first-order valence-electron chi connectivity index (χ1n) is 8.14. The highest BCUT2D eigenvalue weighted by atomic mass is 16.2. The highest BCUT2D eigenvalue weighted by Gasteiger charge is 2.20. The summed E-state index contributed by atoms with van der Waals surface area (Å²) in [6, 6.07) is 12.5. The zero-order valence-corrected chi connectivity index (χ0v) is 13.6. The fourth-order valence-electron chi connectivity index (χ4n) is 2.99. The van der Waals surface area contributed by atoms with E-state index in [0.717, 1.165) is 32.5 Å². The molecule has 0 unspecified atom stereocenters. The first-order chi connectivity index (χ1) is 11.2. The number of pyridine rings is 1. The summed E-state index contributed by atoms with van der Waals surface area (Å²) < 4.78 is 0. The van der Waals surface area contributed by atoms with Crippen LogP contribution in [0.3, 0.4) is 0 Å². The third-order valence-corrected chi connectivity index (χ3v) is 4.42. The van der Waals surface area contributed by atoms with Crippen LogP contribution in [0, 0.1) is 0 Å². The summed E-state index contributed by atoms with van der Waals surface area (Å²) in [5.74, 6) is 0.219. The molecule has 0 N–H and O–H groups in total. The standard InChI is InChI=1S/C19H23N3O/c1-21(12-8-16-6-10-20-11-7-16)15-19(23)22-13-9-17-4-2-3-5-18(17)14-22/h2-7,10-11H,8-9,12-15H2,1H3. The van der Waals surface area contributed by atoms with Crippen LogP contribution < -0.4 is 0 Å². The van der Waals surface area contributed by atoms with Gasteiger partial charge in [0.15, 0.2) is 0 Å². The van der Waals surface area contributed by atoms with Crippen LogP contribution in [0.1, 0.15) is 16.7 Å². The van der Waals surface area contributed by atoms with Crippen molar-refractivity contribution in [2.75, 3.05) is 26.7 Å². The fourth-order valence-corrected chi connectivity index (χ4v) is 2.99. The third kappa shape index (κ3) is 4.17. The fraction of sp³-hybridized carbons (Fsp3) is 0.368. The number of aromatic nitrogens is 1. The van der Waals surface area contributed by atoms with E-state index < -0.39 is 0 Å². The Morgan fingerprint density at radius 3 is 2.70 bits per heavy atom. The Labute approximate surface area is 137 Å². The second kappa shape index (κ2) is 7.38. The van der Waals surface area contributed by atoms with Gasteiger partial charge in [0.1, 0.15) is 0 Å². The molecule has 4 heteroatoms. The van der Waals surface area contributed by atoms with Crippen molar-refractivity contribution in [3.05, 3.63) is 65.5 Å². The van der Waals surface area contributed by atoms with Crippen molar-refractivity contribution in [3.8, 4) is 0 Å². The van der Waals surface area contributed by atoms with Gasteiger partial charge in [-0.25, -0.2) is 0 Å². The summed E-state index contributed by atoms with van der Waals surface area (Å²) in [5.41, 5.74) is 3.92. The lowest BCUT2D eigenvalue weighted by Gasteiger charge is -2.30. The van der Waals surface area contributed by atoms with Crippen molar-refractivity contribution in [3.63, 3.8) is 0 Å². The molecular formula is C19H23N3O. The van der Waals surface area contributed by atoms with E-state index in [9.17, 15) is 4.79 Å². The molecule has 23 heavy (non-hydrogen) atoms. The summed E-state index contributed by atoms with van der Waals surface area (Å²) in [7, 11) is 2.01. The molecule has 0 saturated carbocycles. The molecule has 0 bridgehead atoms. The Balaban J connectivity index is 1.49. The van der Waals surface area contributed by atoms with Crippen LogP contribution in [0.2, 0.25) is 0 Å². The van der Waals surface area contributed by atoms with Gasteiger partial charge in [-0.05, 0) is 48.7 Å². The molecule has 2 aromatic rings. The van der Waals surface area contributed by atoms with E-state index in [1.54, 1.807) is 0 Å². The van der Waals surface area contributed by atoms with Crippen molar-refractivity contribution >= 4 is 5.91 Å². The van der Waals surface area contributed by atoms with Gasteiger partial charge in [0.2, 0.25) is 5.91 Å². The monoisotopic (exact) mass is 309 g/mol. The van der Waals surface area contributed by atoms with Gasteiger partial charge >= 0.3 is 0 Å². The second-order valence-corrected chi connectivity index (χ2v) is 6.18. The Morgan fingerprint density at radius 1 is 1.17 bits per heavy atom. The molecule has 3 rings (SSSR count). The van der Waals surface area contributed by atoms with Gasteiger partial charge in [0, 0.05) is 32.0 Å². The predicted molar refractivity (Wildman–Crippen MR) is 91.0 cm³/mol. The highest BCUT2D eigenvalue weighted by molar-refractivity contribution is 5.78. The van der Waals surface area contributed by atoms with Crippen molar-refractivity contribution in [1.82, 2.24) is 14.8 Å². The topological polar surface area (TPSA) is 36.4 Å². The van der Waals surface area contributed by atoms with Gasteiger partial charge in [-0.3, -0.25) is 14.7 Å². The number of rotatable bonds is 5. The quantitative estimate of drug-likeness (QED) is 0.849. The van der Waals surface area contributed by atoms with Crippen molar-refractivity contribution in [2.24, 2.45) is 0 Å². The highest BCUT2D eigenvalue weighted by Crippen LogP contribution is 2.18.